The Hall–Kier alpha value is -0.810. The van der Waals surface area contributed by atoms with E-state index in [0.717, 1.165) is 0 Å². The van der Waals surface area contributed by atoms with Crippen LogP contribution < -0.4 is 0 Å². The van der Waals surface area contributed by atoms with E-state index in [2.05, 4.69) is 0 Å². The Bertz CT molecular complexity index is 308. The maximum Gasteiger partial charge on any atom is 0.332 e. The van der Waals surface area contributed by atoms with E-state index in [1.165, 1.54) is 0 Å². The van der Waals surface area contributed by atoms with Crippen molar-refractivity contribution in [3.05, 3.63) is 0 Å². The normalized spacial score (nSPS) is 35.8. The first-order chi connectivity index (χ1) is 9.38. The van der Waals surface area contributed by atoms with Crippen LogP contribution in [0.15, 0.2) is 0 Å². The van der Waals surface area contributed by atoms with Gasteiger partial charge in [-0.1, -0.05) is 0 Å². The van der Waals surface area contributed by atoms with Crippen LogP contribution in [0.2, 0.25) is 0 Å². The summed E-state index contributed by atoms with van der Waals surface area (Å²) in [4.78, 5) is 10.4. The Kier molecular flexibility index (Phi) is 6.76. The number of carboxylic acids is 1. The SMILES string of the molecule is O=C(O)C(O)CCCOC1OC(CO)C(O)C(O)C1O. The molecule has 0 spiro atoms. The summed E-state index contributed by atoms with van der Waals surface area (Å²) in [5, 5.41) is 55.1. The van der Waals surface area contributed by atoms with Crippen LogP contribution in [0, 0.1) is 0 Å². The van der Waals surface area contributed by atoms with Crippen LogP contribution in [0.4, 0.5) is 0 Å². The summed E-state index contributed by atoms with van der Waals surface area (Å²) >= 11 is 0. The van der Waals surface area contributed by atoms with Gasteiger partial charge in [-0.25, -0.2) is 4.79 Å². The molecule has 9 nitrogen and oxygen atoms in total. The van der Waals surface area contributed by atoms with Gasteiger partial charge in [0.15, 0.2) is 12.4 Å². The number of hydrogen-bond acceptors (Lipinski definition) is 8. The van der Waals surface area contributed by atoms with E-state index >= 15 is 0 Å². The molecule has 0 aromatic rings. The van der Waals surface area contributed by atoms with Crippen LogP contribution in [0.1, 0.15) is 12.8 Å². The van der Waals surface area contributed by atoms with Gasteiger partial charge in [-0.2, -0.15) is 0 Å². The minimum Gasteiger partial charge on any atom is -0.479 e. The molecule has 6 N–H and O–H groups in total. The van der Waals surface area contributed by atoms with E-state index in [9.17, 15) is 20.1 Å². The zero-order valence-electron chi connectivity index (χ0n) is 10.7. The van der Waals surface area contributed by atoms with Gasteiger partial charge in [0.05, 0.1) is 6.61 Å². The predicted molar refractivity (Wildman–Crippen MR) is 62.6 cm³/mol. The molecular formula is C11H20O9. The molecule has 0 aromatic carbocycles. The van der Waals surface area contributed by atoms with Gasteiger partial charge < -0.3 is 40.1 Å². The molecule has 20 heavy (non-hydrogen) atoms. The Morgan fingerprint density at radius 2 is 1.85 bits per heavy atom. The van der Waals surface area contributed by atoms with Crippen molar-refractivity contribution in [3.8, 4) is 0 Å². The minimum atomic E-state index is -1.52. The highest BCUT2D eigenvalue weighted by molar-refractivity contribution is 5.71. The van der Waals surface area contributed by atoms with Crippen molar-refractivity contribution in [2.24, 2.45) is 0 Å². The monoisotopic (exact) mass is 296 g/mol. The van der Waals surface area contributed by atoms with Crippen molar-refractivity contribution in [1.29, 1.82) is 0 Å². The van der Waals surface area contributed by atoms with Crippen molar-refractivity contribution in [2.75, 3.05) is 13.2 Å². The van der Waals surface area contributed by atoms with Crippen molar-refractivity contribution in [1.82, 2.24) is 0 Å². The third-order valence-electron chi connectivity index (χ3n) is 3.04. The quantitative estimate of drug-likeness (QED) is 0.270. The van der Waals surface area contributed by atoms with Gasteiger partial charge in [0.2, 0.25) is 0 Å². The molecule has 0 aliphatic carbocycles. The fraction of sp³-hybridized carbons (Fsp3) is 0.909. The van der Waals surface area contributed by atoms with E-state index in [1.54, 1.807) is 0 Å². The zero-order valence-corrected chi connectivity index (χ0v) is 10.7. The summed E-state index contributed by atoms with van der Waals surface area (Å²) in [6, 6.07) is 0. The first-order valence-corrected chi connectivity index (χ1v) is 6.21. The first-order valence-electron chi connectivity index (χ1n) is 6.21. The standard InChI is InChI=1S/C11H20O9/c12-4-6-7(14)8(15)9(16)11(20-6)19-3-1-2-5(13)10(17)18/h5-9,11-16H,1-4H2,(H,17,18). The summed E-state index contributed by atoms with van der Waals surface area (Å²) in [6.45, 7) is -0.574. The maximum atomic E-state index is 10.4. The van der Waals surface area contributed by atoms with Gasteiger partial charge in [-0.05, 0) is 12.8 Å². The average molecular weight is 296 g/mol. The molecule has 1 aliphatic heterocycles. The summed E-state index contributed by atoms with van der Waals surface area (Å²) < 4.78 is 10.2. The lowest BCUT2D eigenvalue weighted by Gasteiger charge is -2.39. The number of carbonyl (C=O) groups is 1. The zero-order chi connectivity index (χ0) is 15.3. The van der Waals surface area contributed by atoms with Crippen LogP contribution in [0.3, 0.4) is 0 Å². The lowest BCUT2D eigenvalue weighted by Crippen LogP contribution is -2.59. The highest BCUT2D eigenvalue weighted by atomic mass is 16.7. The van der Waals surface area contributed by atoms with E-state index < -0.39 is 49.4 Å². The summed E-state index contributed by atoms with van der Waals surface area (Å²) in [6.07, 6.45) is -8.09. The molecule has 1 fully saturated rings. The molecule has 118 valence electrons. The fourth-order valence-electron chi connectivity index (χ4n) is 1.80. The molecule has 1 heterocycles. The number of hydrogen-bond donors (Lipinski definition) is 6. The summed E-state index contributed by atoms with van der Waals surface area (Å²) in [7, 11) is 0. The Morgan fingerprint density at radius 3 is 2.40 bits per heavy atom. The third-order valence-corrected chi connectivity index (χ3v) is 3.04. The van der Waals surface area contributed by atoms with E-state index in [0.29, 0.717) is 0 Å². The van der Waals surface area contributed by atoms with Gasteiger partial charge >= 0.3 is 5.97 Å². The van der Waals surface area contributed by atoms with E-state index in [-0.39, 0.29) is 19.4 Å². The number of aliphatic hydroxyl groups is 5. The lowest BCUT2D eigenvalue weighted by molar-refractivity contribution is -0.301. The van der Waals surface area contributed by atoms with Crippen molar-refractivity contribution in [2.45, 2.75) is 49.7 Å². The fourth-order valence-corrected chi connectivity index (χ4v) is 1.80. The summed E-state index contributed by atoms with van der Waals surface area (Å²) in [5.74, 6) is -1.34. The predicted octanol–water partition coefficient (Wildman–Crippen LogP) is -2.97. The molecule has 0 radical (unpaired) electrons. The van der Waals surface area contributed by atoms with Crippen LogP contribution in [-0.2, 0) is 14.3 Å². The van der Waals surface area contributed by atoms with Gasteiger partial charge in [0, 0.05) is 6.61 Å². The Labute approximate surface area is 115 Å². The van der Waals surface area contributed by atoms with Crippen LogP contribution in [0.5, 0.6) is 0 Å². The second kappa shape index (κ2) is 7.84. The van der Waals surface area contributed by atoms with Crippen molar-refractivity contribution in [3.63, 3.8) is 0 Å². The highest BCUT2D eigenvalue weighted by Crippen LogP contribution is 2.22. The highest BCUT2D eigenvalue weighted by Gasteiger charge is 2.43. The molecule has 6 atom stereocenters. The third kappa shape index (κ3) is 4.35. The van der Waals surface area contributed by atoms with E-state index in [4.69, 9.17) is 24.8 Å². The molecule has 9 heteroatoms. The van der Waals surface area contributed by atoms with E-state index in [1.807, 2.05) is 0 Å². The van der Waals surface area contributed by atoms with Crippen LogP contribution in [0.25, 0.3) is 0 Å². The number of aliphatic carboxylic acids is 1. The molecule has 0 aromatic heterocycles. The van der Waals surface area contributed by atoms with Gasteiger partial charge in [-0.3, -0.25) is 0 Å². The average Bonchev–Trinajstić information content (AvgIpc) is 2.42. The van der Waals surface area contributed by atoms with Gasteiger partial charge in [-0.15, -0.1) is 0 Å². The Balaban J connectivity index is 2.37. The molecule has 1 aliphatic rings. The van der Waals surface area contributed by atoms with Crippen molar-refractivity contribution < 1.29 is 44.9 Å². The summed E-state index contributed by atoms with van der Waals surface area (Å²) in [5.41, 5.74) is 0. The van der Waals surface area contributed by atoms with Crippen LogP contribution >= 0.6 is 0 Å². The van der Waals surface area contributed by atoms with Gasteiger partial charge in [0.25, 0.3) is 0 Å². The smallest absolute Gasteiger partial charge is 0.332 e. The largest absolute Gasteiger partial charge is 0.479 e. The maximum absolute atomic E-state index is 10.4. The lowest BCUT2D eigenvalue weighted by atomic mass is 9.99. The molecule has 0 saturated carbocycles. The molecule has 1 rings (SSSR count). The second-order valence-electron chi connectivity index (χ2n) is 4.56. The van der Waals surface area contributed by atoms with Gasteiger partial charge in [0.1, 0.15) is 24.4 Å². The molecule has 0 bridgehead atoms. The molecule has 0 amide bonds. The minimum absolute atomic E-state index is 0.0208. The first kappa shape index (κ1) is 17.2. The van der Waals surface area contributed by atoms with Crippen LogP contribution in [-0.4, -0.2) is 86.6 Å². The number of aliphatic hydroxyl groups excluding tert-OH is 5. The number of carboxylic acid groups (broad SMARTS) is 1. The Morgan fingerprint density at radius 1 is 1.20 bits per heavy atom. The number of rotatable bonds is 7. The second-order valence-corrected chi connectivity index (χ2v) is 4.56. The topological polar surface area (TPSA) is 157 Å². The molecule has 1 saturated heterocycles. The van der Waals surface area contributed by atoms with Crippen molar-refractivity contribution >= 4 is 5.97 Å². The number of ether oxygens (including phenoxy) is 2. The molecule has 6 unspecified atom stereocenters. The molecular weight excluding hydrogens is 276 g/mol.